The van der Waals surface area contributed by atoms with Gasteiger partial charge >= 0.3 is 0 Å². The molecule has 2 unspecified atom stereocenters. The summed E-state index contributed by atoms with van der Waals surface area (Å²) in [6, 6.07) is 5.64. The molecule has 1 aromatic rings. The van der Waals surface area contributed by atoms with Gasteiger partial charge in [-0.05, 0) is 37.1 Å². The Balaban J connectivity index is 1.80. The topological polar surface area (TPSA) is 61.4 Å². The van der Waals surface area contributed by atoms with Gasteiger partial charge in [-0.3, -0.25) is 4.79 Å². The number of benzene rings is 1. The zero-order valence-electron chi connectivity index (χ0n) is 10.7. The lowest BCUT2D eigenvalue weighted by atomic mass is 9.98. The van der Waals surface area contributed by atoms with Gasteiger partial charge in [0.15, 0.2) is 0 Å². The first-order chi connectivity index (χ1) is 9.16. The third kappa shape index (κ3) is 4.01. The molecule has 1 aliphatic rings. The number of nitrogens with one attached hydrogen (secondary N) is 2. The van der Waals surface area contributed by atoms with Gasteiger partial charge in [0.1, 0.15) is 5.82 Å². The molecule has 1 fully saturated rings. The van der Waals surface area contributed by atoms with Gasteiger partial charge in [0.05, 0.1) is 12.0 Å². The van der Waals surface area contributed by atoms with E-state index in [1.807, 2.05) is 0 Å². The summed E-state index contributed by atoms with van der Waals surface area (Å²) in [5.74, 6) is -0.393. The van der Waals surface area contributed by atoms with Gasteiger partial charge in [0.2, 0.25) is 5.91 Å². The van der Waals surface area contributed by atoms with Crippen LogP contribution in [0.2, 0.25) is 0 Å². The minimum atomic E-state index is -0.805. The highest BCUT2D eigenvalue weighted by Gasteiger charge is 2.21. The molecule has 3 N–H and O–H groups in total. The molecule has 1 aliphatic heterocycles. The molecule has 0 saturated carbocycles. The van der Waals surface area contributed by atoms with Crippen molar-refractivity contribution in [1.29, 1.82) is 0 Å². The minimum Gasteiger partial charge on any atom is -0.387 e. The molecule has 2 rings (SSSR count). The normalized spacial score (nSPS) is 20.8. The van der Waals surface area contributed by atoms with E-state index < -0.39 is 6.10 Å². The molecular formula is C14H19FN2O2. The number of halogens is 1. The van der Waals surface area contributed by atoms with Crippen LogP contribution in [0.5, 0.6) is 0 Å². The summed E-state index contributed by atoms with van der Waals surface area (Å²) in [4.78, 5) is 11.9. The van der Waals surface area contributed by atoms with Crippen molar-refractivity contribution in [2.45, 2.75) is 18.9 Å². The number of rotatable bonds is 4. The van der Waals surface area contributed by atoms with E-state index in [2.05, 4.69) is 10.6 Å². The maximum absolute atomic E-state index is 12.7. The zero-order valence-corrected chi connectivity index (χ0v) is 10.7. The van der Waals surface area contributed by atoms with E-state index in [9.17, 15) is 14.3 Å². The van der Waals surface area contributed by atoms with E-state index in [4.69, 9.17) is 0 Å². The number of amides is 1. The molecule has 0 spiro atoms. The Labute approximate surface area is 112 Å². The van der Waals surface area contributed by atoms with Crippen LogP contribution in [0.3, 0.4) is 0 Å². The van der Waals surface area contributed by atoms with Gasteiger partial charge in [0, 0.05) is 13.1 Å². The lowest BCUT2D eigenvalue weighted by molar-refractivity contribution is -0.125. The van der Waals surface area contributed by atoms with Crippen LogP contribution in [0.1, 0.15) is 24.5 Å². The van der Waals surface area contributed by atoms with Crippen molar-refractivity contribution < 1.29 is 14.3 Å². The van der Waals surface area contributed by atoms with E-state index in [0.29, 0.717) is 12.1 Å². The van der Waals surface area contributed by atoms with Crippen LogP contribution in [-0.4, -0.2) is 30.6 Å². The molecule has 0 aromatic heterocycles. The predicted molar refractivity (Wildman–Crippen MR) is 70.0 cm³/mol. The maximum atomic E-state index is 12.7. The van der Waals surface area contributed by atoms with E-state index in [1.54, 1.807) is 0 Å². The van der Waals surface area contributed by atoms with Crippen molar-refractivity contribution >= 4 is 5.91 Å². The lowest BCUT2D eigenvalue weighted by Gasteiger charge is -2.22. The standard InChI is InChI=1S/C14H19FN2O2/c15-12-5-3-10(4-6-12)13(18)9-17-14(19)11-2-1-7-16-8-11/h3-6,11,13,16,18H,1-2,7-9H2,(H,17,19). The van der Waals surface area contributed by atoms with Gasteiger partial charge in [-0.15, -0.1) is 0 Å². The Morgan fingerprint density at radius 1 is 1.47 bits per heavy atom. The molecule has 1 saturated heterocycles. The average molecular weight is 266 g/mol. The third-order valence-electron chi connectivity index (χ3n) is 3.39. The number of hydrogen-bond donors (Lipinski definition) is 3. The molecular weight excluding hydrogens is 247 g/mol. The summed E-state index contributed by atoms with van der Waals surface area (Å²) in [6.07, 6.45) is 1.07. The Morgan fingerprint density at radius 2 is 2.21 bits per heavy atom. The first-order valence-electron chi connectivity index (χ1n) is 6.59. The molecule has 1 aromatic carbocycles. The van der Waals surface area contributed by atoms with Crippen molar-refractivity contribution in [3.05, 3.63) is 35.6 Å². The fraction of sp³-hybridized carbons (Fsp3) is 0.500. The fourth-order valence-electron chi connectivity index (χ4n) is 2.22. The summed E-state index contributed by atoms with van der Waals surface area (Å²) < 4.78 is 12.7. The van der Waals surface area contributed by atoms with Crippen LogP contribution in [0.25, 0.3) is 0 Å². The maximum Gasteiger partial charge on any atom is 0.224 e. The summed E-state index contributed by atoms with van der Waals surface area (Å²) >= 11 is 0. The monoisotopic (exact) mass is 266 g/mol. The van der Waals surface area contributed by atoms with Crippen LogP contribution >= 0.6 is 0 Å². The number of aliphatic hydroxyl groups is 1. The SMILES string of the molecule is O=C(NCC(O)c1ccc(F)cc1)C1CCCNC1. The van der Waals surface area contributed by atoms with Gasteiger partial charge < -0.3 is 15.7 Å². The molecule has 0 radical (unpaired) electrons. The highest BCUT2D eigenvalue weighted by molar-refractivity contribution is 5.79. The second-order valence-electron chi connectivity index (χ2n) is 4.86. The Kier molecular flexibility index (Phi) is 4.87. The average Bonchev–Trinajstić information content (AvgIpc) is 2.46. The molecule has 2 atom stereocenters. The minimum absolute atomic E-state index is 0.0193. The van der Waals surface area contributed by atoms with Crippen LogP contribution in [0.4, 0.5) is 4.39 Å². The quantitative estimate of drug-likeness (QED) is 0.761. The van der Waals surface area contributed by atoms with E-state index in [0.717, 1.165) is 19.4 Å². The van der Waals surface area contributed by atoms with Gasteiger partial charge in [0.25, 0.3) is 0 Å². The number of aliphatic hydroxyl groups excluding tert-OH is 1. The largest absolute Gasteiger partial charge is 0.387 e. The van der Waals surface area contributed by atoms with E-state index in [1.165, 1.54) is 24.3 Å². The number of carbonyl (C=O) groups is 1. The number of piperidine rings is 1. The molecule has 19 heavy (non-hydrogen) atoms. The van der Waals surface area contributed by atoms with Crippen molar-refractivity contribution in [3.8, 4) is 0 Å². The van der Waals surface area contributed by atoms with Crippen LogP contribution in [0.15, 0.2) is 24.3 Å². The third-order valence-corrected chi connectivity index (χ3v) is 3.39. The van der Waals surface area contributed by atoms with Crippen LogP contribution in [0, 0.1) is 11.7 Å². The Morgan fingerprint density at radius 3 is 2.84 bits per heavy atom. The molecule has 1 amide bonds. The van der Waals surface area contributed by atoms with Crippen molar-refractivity contribution in [3.63, 3.8) is 0 Å². The molecule has 104 valence electrons. The van der Waals surface area contributed by atoms with Crippen molar-refractivity contribution in [2.24, 2.45) is 5.92 Å². The van der Waals surface area contributed by atoms with E-state index >= 15 is 0 Å². The van der Waals surface area contributed by atoms with Crippen molar-refractivity contribution in [1.82, 2.24) is 10.6 Å². The summed E-state index contributed by atoms with van der Waals surface area (Å²) in [5, 5.41) is 15.8. The number of carbonyl (C=O) groups excluding carboxylic acids is 1. The second kappa shape index (κ2) is 6.63. The summed E-state index contributed by atoms with van der Waals surface area (Å²) in [7, 11) is 0. The van der Waals surface area contributed by atoms with E-state index in [-0.39, 0.29) is 24.2 Å². The lowest BCUT2D eigenvalue weighted by Crippen LogP contribution is -2.41. The van der Waals surface area contributed by atoms with Gasteiger partial charge in [-0.25, -0.2) is 4.39 Å². The first-order valence-corrected chi connectivity index (χ1v) is 6.59. The van der Waals surface area contributed by atoms with Crippen molar-refractivity contribution in [2.75, 3.05) is 19.6 Å². The van der Waals surface area contributed by atoms with Crippen LogP contribution < -0.4 is 10.6 Å². The fourth-order valence-corrected chi connectivity index (χ4v) is 2.22. The summed E-state index contributed by atoms with van der Waals surface area (Å²) in [6.45, 7) is 1.81. The second-order valence-corrected chi connectivity index (χ2v) is 4.86. The predicted octanol–water partition coefficient (Wildman–Crippen LogP) is 0.975. The molecule has 5 heteroatoms. The summed E-state index contributed by atoms with van der Waals surface area (Å²) in [5.41, 5.74) is 0.600. The van der Waals surface area contributed by atoms with Gasteiger partial charge in [-0.1, -0.05) is 12.1 Å². The smallest absolute Gasteiger partial charge is 0.224 e. The molecule has 0 aliphatic carbocycles. The zero-order chi connectivity index (χ0) is 13.7. The molecule has 0 bridgehead atoms. The first kappa shape index (κ1) is 14.0. The van der Waals surface area contributed by atoms with Crippen LogP contribution in [-0.2, 0) is 4.79 Å². The molecule has 1 heterocycles. The molecule has 4 nitrogen and oxygen atoms in total. The van der Waals surface area contributed by atoms with Gasteiger partial charge in [-0.2, -0.15) is 0 Å². The highest BCUT2D eigenvalue weighted by Crippen LogP contribution is 2.14. The Hall–Kier alpha value is -1.46. The number of hydrogen-bond acceptors (Lipinski definition) is 3. The Bertz CT molecular complexity index is 416. The highest BCUT2D eigenvalue weighted by atomic mass is 19.1.